The number of benzene rings is 1. The molecule has 0 aromatic heterocycles. The zero-order valence-electron chi connectivity index (χ0n) is 9.14. The fraction of sp³-hybridized carbons (Fsp3) is 0.333. The molecular formula is C12H12N2O3. The van der Waals surface area contributed by atoms with Gasteiger partial charge in [0.25, 0.3) is 0 Å². The third-order valence-corrected chi connectivity index (χ3v) is 3.49. The van der Waals surface area contributed by atoms with Crippen molar-refractivity contribution in [2.24, 2.45) is 0 Å². The van der Waals surface area contributed by atoms with Crippen LogP contribution in [0.1, 0.15) is 17.5 Å². The van der Waals surface area contributed by atoms with E-state index in [4.69, 9.17) is 0 Å². The average molecular weight is 232 g/mol. The molecule has 5 heteroatoms. The Hall–Kier alpha value is -2.04. The fourth-order valence-corrected chi connectivity index (χ4v) is 2.70. The van der Waals surface area contributed by atoms with Gasteiger partial charge in [0.05, 0.1) is 0 Å². The summed E-state index contributed by atoms with van der Waals surface area (Å²) in [6, 6.07) is 4.56. The van der Waals surface area contributed by atoms with Gasteiger partial charge in [-0.2, -0.15) is 0 Å². The van der Waals surface area contributed by atoms with Crippen molar-refractivity contribution < 1.29 is 10.0 Å². The molecule has 1 aliphatic heterocycles. The third-order valence-electron chi connectivity index (χ3n) is 3.49. The van der Waals surface area contributed by atoms with Crippen LogP contribution in [-0.4, -0.2) is 22.6 Å². The van der Waals surface area contributed by atoms with Crippen molar-refractivity contribution in [2.75, 3.05) is 6.54 Å². The normalized spacial score (nSPS) is 21.8. The molecule has 1 heterocycles. The molecule has 0 spiro atoms. The molecule has 0 radical (unpaired) electrons. The van der Waals surface area contributed by atoms with Gasteiger partial charge < -0.3 is 10.4 Å². The van der Waals surface area contributed by atoms with Gasteiger partial charge in [-0.15, -0.1) is 0 Å². The zero-order valence-corrected chi connectivity index (χ0v) is 9.14. The van der Waals surface area contributed by atoms with Gasteiger partial charge in [-0.05, 0) is 12.5 Å². The van der Waals surface area contributed by atoms with Crippen molar-refractivity contribution in [3.8, 4) is 5.75 Å². The van der Waals surface area contributed by atoms with Crippen LogP contribution >= 0.6 is 0 Å². The van der Waals surface area contributed by atoms with E-state index in [0.717, 1.165) is 29.8 Å². The Morgan fingerprint density at radius 3 is 3.06 bits per heavy atom. The van der Waals surface area contributed by atoms with Gasteiger partial charge in [0.15, 0.2) is 0 Å². The molecule has 0 saturated carbocycles. The maximum atomic E-state index is 11.1. The van der Waals surface area contributed by atoms with Gasteiger partial charge in [-0.3, -0.25) is 10.1 Å². The lowest BCUT2D eigenvalue weighted by Crippen LogP contribution is -2.28. The number of nitrogens with zero attached hydrogens (tertiary/aromatic N) is 1. The van der Waals surface area contributed by atoms with E-state index < -0.39 is 6.04 Å². The molecule has 1 aliphatic carbocycles. The topological polar surface area (TPSA) is 75.4 Å². The minimum Gasteiger partial charge on any atom is -0.508 e. The summed E-state index contributed by atoms with van der Waals surface area (Å²) in [6.07, 6.45) is 1.01. The number of nitrogens with one attached hydrogen (secondary N) is 1. The predicted molar refractivity (Wildman–Crippen MR) is 62.1 cm³/mol. The van der Waals surface area contributed by atoms with Crippen LogP contribution < -0.4 is 5.32 Å². The van der Waals surface area contributed by atoms with Gasteiger partial charge in [0.2, 0.25) is 6.04 Å². The number of phenolic OH excluding ortho intramolecular Hbond substituents is 1. The van der Waals surface area contributed by atoms with E-state index in [2.05, 4.69) is 5.32 Å². The predicted octanol–water partition coefficient (Wildman–Crippen LogP) is 1.30. The number of phenols is 1. The Morgan fingerprint density at radius 2 is 2.29 bits per heavy atom. The first-order chi connectivity index (χ1) is 8.18. The van der Waals surface area contributed by atoms with Crippen molar-refractivity contribution in [1.82, 2.24) is 5.32 Å². The highest BCUT2D eigenvalue weighted by atomic mass is 16.6. The van der Waals surface area contributed by atoms with E-state index in [-0.39, 0.29) is 17.1 Å². The molecule has 88 valence electrons. The Labute approximate surface area is 97.9 Å². The fourth-order valence-electron chi connectivity index (χ4n) is 2.70. The first-order valence-electron chi connectivity index (χ1n) is 5.60. The van der Waals surface area contributed by atoms with Crippen molar-refractivity contribution in [3.63, 3.8) is 0 Å². The molecule has 1 aromatic carbocycles. The molecule has 1 unspecified atom stereocenters. The van der Waals surface area contributed by atoms with Crippen LogP contribution in [-0.2, 0) is 6.42 Å². The van der Waals surface area contributed by atoms with Crippen LogP contribution in [0.15, 0.2) is 23.8 Å². The van der Waals surface area contributed by atoms with E-state index in [1.807, 2.05) is 6.07 Å². The summed E-state index contributed by atoms with van der Waals surface area (Å²) < 4.78 is 0. The standard InChI is InChI=1S/C12H12N2O3/c15-11-3-1-2-7-9(11)6-10(14(16)17)8-4-5-13-12(7)8/h1-3,10,13,15H,4-6H2. The van der Waals surface area contributed by atoms with E-state index in [9.17, 15) is 15.2 Å². The van der Waals surface area contributed by atoms with Gasteiger partial charge in [-0.1, -0.05) is 12.1 Å². The largest absolute Gasteiger partial charge is 0.508 e. The summed E-state index contributed by atoms with van der Waals surface area (Å²) in [6.45, 7) is 0.740. The zero-order chi connectivity index (χ0) is 12.0. The summed E-state index contributed by atoms with van der Waals surface area (Å²) in [4.78, 5) is 10.8. The minimum atomic E-state index is -0.694. The van der Waals surface area contributed by atoms with Crippen LogP contribution in [0.4, 0.5) is 0 Å². The van der Waals surface area contributed by atoms with Crippen molar-refractivity contribution in [1.29, 1.82) is 0 Å². The van der Waals surface area contributed by atoms with E-state index in [0.29, 0.717) is 5.56 Å². The molecular weight excluding hydrogens is 220 g/mol. The Kier molecular flexibility index (Phi) is 2.07. The van der Waals surface area contributed by atoms with Crippen LogP contribution in [0.2, 0.25) is 0 Å². The molecule has 2 N–H and O–H groups in total. The molecule has 2 aliphatic rings. The Balaban J connectivity index is 2.20. The van der Waals surface area contributed by atoms with Crippen LogP contribution in [0.25, 0.3) is 5.70 Å². The average Bonchev–Trinajstić information content (AvgIpc) is 2.77. The monoisotopic (exact) mass is 232 g/mol. The Morgan fingerprint density at radius 1 is 1.47 bits per heavy atom. The lowest BCUT2D eigenvalue weighted by Gasteiger charge is -2.22. The molecule has 3 rings (SSSR count). The lowest BCUT2D eigenvalue weighted by atomic mass is 9.86. The van der Waals surface area contributed by atoms with Crippen molar-refractivity contribution in [2.45, 2.75) is 18.9 Å². The van der Waals surface area contributed by atoms with Gasteiger partial charge >= 0.3 is 0 Å². The third kappa shape index (κ3) is 1.39. The van der Waals surface area contributed by atoms with E-state index in [1.54, 1.807) is 12.1 Å². The second-order valence-corrected chi connectivity index (χ2v) is 4.39. The van der Waals surface area contributed by atoms with Crippen LogP contribution in [0.3, 0.4) is 0 Å². The van der Waals surface area contributed by atoms with Crippen molar-refractivity contribution >= 4 is 5.70 Å². The molecule has 17 heavy (non-hydrogen) atoms. The summed E-state index contributed by atoms with van der Waals surface area (Å²) in [5.74, 6) is 0.148. The second-order valence-electron chi connectivity index (χ2n) is 4.39. The van der Waals surface area contributed by atoms with Crippen LogP contribution in [0.5, 0.6) is 5.75 Å². The first-order valence-corrected chi connectivity index (χ1v) is 5.60. The summed E-state index contributed by atoms with van der Waals surface area (Å²) in [7, 11) is 0. The number of fused-ring (bicyclic) bond motifs is 2. The molecule has 1 aromatic rings. The number of hydrogen-bond donors (Lipinski definition) is 2. The highest BCUT2D eigenvalue weighted by Gasteiger charge is 2.37. The summed E-state index contributed by atoms with van der Waals surface area (Å²) >= 11 is 0. The van der Waals surface area contributed by atoms with E-state index >= 15 is 0 Å². The maximum Gasteiger partial charge on any atom is 0.240 e. The Bertz CT molecular complexity index is 537. The molecule has 0 saturated heterocycles. The molecule has 1 atom stereocenters. The number of nitro groups is 1. The second kappa shape index (κ2) is 3.48. The smallest absolute Gasteiger partial charge is 0.240 e. The van der Waals surface area contributed by atoms with Gasteiger partial charge in [0, 0.05) is 40.3 Å². The van der Waals surface area contributed by atoms with Crippen molar-refractivity contribution in [3.05, 3.63) is 45.0 Å². The molecule has 0 fully saturated rings. The number of rotatable bonds is 1. The SMILES string of the molecule is O=[N+]([O-])C1Cc2c(O)cccc2C2=C1CCN2. The summed E-state index contributed by atoms with van der Waals surface area (Å²) in [5, 5.41) is 24.1. The lowest BCUT2D eigenvalue weighted by molar-refractivity contribution is -0.512. The number of hydrogen-bond acceptors (Lipinski definition) is 4. The number of aromatic hydroxyl groups is 1. The quantitative estimate of drug-likeness (QED) is 0.565. The molecule has 0 amide bonds. The van der Waals surface area contributed by atoms with E-state index in [1.165, 1.54) is 0 Å². The van der Waals surface area contributed by atoms with Crippen LogP contribution in [0, 0.1) is 10.1 Å². The van der Waals surface area contributed by atoms with Gasteiger partial charge in [0.1, 0.15) is 5.75 Å². The minimum absolute atomic E-state index is 0.148. The summed E-state index contributed by atoms with van der Waals surface area (Å²) in [5.41, 5.74) is 3.31. The highest BCUT2D eigenvalue weighted by molar-refractivity contribution is 5.76. The molecule has 5 nitrogen and oxygen atoms in total. The maximum absolute atomic E-state index is 11.1. The first kappa shape index (κ1) is 10.1. The van der Waals surface area contributed by atoms with Gasteiger partial charge in [-0.25, -0.2) is 0 Å². The highest BCUT2D eigenvalue weighted by Crippen LogP contribution is 2.38. The molecule has 0 bridgehead atoms.